The van der Waals surface area contributed by atoms with Gasteiger partial charge in [0, 0.05) is 38.5 Å². The van der Waals surface area contributed by atoms with E-state index in [9.17, 15) is 4.79 Å². The molecule has 4 nitrogen and oxygen atoms in total. The van der Waals surface area contributed by atoms with Gasteiger partial charge in [0.2, 0.25) is 0 Å². The summed E-state index contributed by atoms with van der Waals surface area (Å²) < 4.78 is 5.00. The normalized spacial score (nSPS) is 11.0. The van der Waals surface area contributed by atoms with Crippen molar-refractivity contribution in [3.8, 4) is 0 Å². The van der Waals surface area contributed by atoms with Crippen LogP contribution in [0, 0.1) is 0 Å². The average Bonchev–Trinajstić information content (AvgIpc) is 2.95. The van der Waals surface area contributed by atoms with E-state index in [2.05, 4.69) is 16.0 Å². The molecule has 0 fully saturated rings. The van der Waals surface area contributed by atoms with Gasteiger partial charge in [0.15, 0.2) is 0 Å². The van der Waals surface area contributed by atoms with Gasteiger partial charge in [-0.05, 0) is 56.2 Å². The summed E-state index contributed by atoms with van der Waals surface area (Å²) >= 11 is 7.66. The Morgan fingerprint density at radius 3 is 2.84 bits per heavy atom. The number of pyridine rings is 1. The molecule has 25 heavy (non-hydrogen) atoms. The summed E-state index contributed by atoms with van der Waals surface area (Å²) in [5.74, 6) is -0.149. The number of hydrogen-bond donors (Lipinski definition) is 1. The number of fused-ring (bicyclic) bond motifs is 1. The van der Waals surface area contributed by atoms with Crippen molar-refractivity contribution in [1.82, 2.24) is 9.97 Å². The van der Waals surface area contributed by atoms with Gasteiger partial charge in [-0.2, -0.15) is 0 Å². The smallest absolute Gasteiger partial charge is 0.305 e. The van der Waals surface area contributed by atoms with Crippen LogP contribution in [0.15, 0.2) is 52.4 Å². The lowest BCUT2D eigenvalue weighted by Crippen LogP contribution is -2.04. The van der Waals surface area contributed by atoms with Gasteiger partial charge in [-0.3, -0.25) is 4.79 Å². The van der Waals surface area contributed by atoms with E-state index in [1.54, 1.807) is 18.0 Å². The van der Waals surface area contributed by atoms with Gasteiger partial charge in [0.25, 0.3) is 0 Å². The Kier molecular flexibility index (Phi) is 6.00. The van der Waals surface area contributed by atoms with Crippen LogP contribution in [0.1, 0.15) is 25.5 Å². The van der Waals surface area contributed by atoms with E-state index in [1.165, 1.54) is 0 Å². The summed E-state index contributed by atoms with van der Waals surface area (Å²) in [6.07, 6.45) is 3.70. The highest BCUT2D eigenvalue weighted by atomic mass is 35.5. The van der Waals surface area contributed by atoms with E-state index in [1.807, 2.05) is 37.3 Å². The van der Waals surface area contributed by atoms with E-state index in [4.69, 9.17) is 16.3 Å². The topological polar surface area (TPSA) is 55.0 Å². The molecular formula is C19H19ClN2O2S. The fraction of sp³-hybridized carbons (Fsp3) is 0.263. The predicted molar refractivity (Wildman–Crippen MR) is 101 cm³/mol. The molecule has 130 valence electrons. The fourth-order valence-corrected chi connectivity index (χ4v) is 3.79. The molecule has 0 bridgehead atoms. The number of hydrogen-bond acceptors (Lipinski definition) is 4. The van der Waals surface area contributed by atoms with Crippen LogP contribution >= 0.6 is 23.4 Å². The standard InChI is InChI=1S/C19H19ClN2O2S/c1-2-24-17(23)7-3-6-16-18(15-5-4-12-21-19(15)22-16)25-14-10-8-13(20)9-11-14/h4-5,8-12H,2-3,6-7H2,1H3,(H,21,22). The number of carbonyl (C=O) groups excluding carboxylic acids is 1. The van der Waals surface area contributed by atoms with Gasteiger partial charge in [0.05, 0.1) is 6.61 Å². The summed E-state index contributed by atoms with van der Waals surface area (Å²) in [5.41, 5.74) is 1.96. The third-order valence-electron chi connectivity index (χ3n) is 3.74. The Labute approximate surface area is 155 Å². The molecule has 3 aromatic rings. The average molecular weight is 375 g/mol. The van der Waals surface area contributed by atoms with Gasteiger partial charge < -0.3 is 9.72 Å². The van der Waals surface area contributed by atoms with Crippen LogP contribution in [-0.2, 0) is 16.0 Å². The van der Waals surface area contributed by atoms with Crippen molar-refractivity contribution in [2.45, 2.75) is 36.0 Å². The van der Waals surface area contributed by atoms with Gasteiger partial charge in [-0.25, -0.2) is 4.98 Å². The molecule has 2 heterocycles. The van der Waals surface area contributed by atoms with Crippen LogP contribution < -0.4 is 0 Å². The number of aromatic nitrogens is 2. The van der Waals surface area contributed by atoms with E-state index >= 15 is 0 Å². The first-order valence-corrected chi connectivity index (χ1v) is 9.41. The molecule has 0 atom stereocenters. The lowest BCUT2D eigenvalue weighted by molar-refractivity contribution is -0.143. The second-order valence-corrected chi connectivity index (χ2v) is 7.07. The van der Waals surface area contributed by atoms with Crippen LogP contribution in [0.5, 0.6) is 0 Å². The fourth-order valence-electron chi connectivity index (χ4n) is 2.61. The van der Waals surface area contributed by atoms with Crippen molar-refractivity contribution in [1.29, 1.82) is 0 Å². The number of esters is 1. The van der Waals surface area contributed by atoms with E-state index in [0.717, 1.165) is 44.4 Å². The Balaban J connectivity index is 1.81. The third kappa shape index (κ3) is 4.55. The molecular weight excluding hydrogens is 356 g/mol. The van der Waals surface area contributed by atoms with E-state index < -0.39 is 0 Å². The lowest BCUT2D eigenvalue weighted by Gasteiger charge is -2.05. The zero-order valence-corrected chi connectivity index (χ0v) is 15.5. The maximum Gasteiger partial charge on any atom is 0.305 e. The summed E-state index contributed by atoms with van der Waals surface area (Å²) in [5, 5.41) is 1.81. The highest BCUT2D eigenvalue weighted by Crippen LogP contribution is 2.37. The van der Waals surface area contributed by atoms with Gasteiger partial charge >= 0.3 is 5.97 Å². The van der Waals surface area contributed by atoms with Crippen LogP contribution in [0.25, 0.3) is 11.0 Å². The molecule has 0 saturated carbocycles. The van der Waals surface area contributed by atoms with Crippen molar-refractivity contribution in [3.63, 3.8) is 0 Å². The molecule has 0 aliphatic heterocycles. The largest absolute Gasteiger partial charge is 0.466 e. The number of aryl methyl sites for hydroxylation is 1. The molecule has 1 N–H and O–H groups in total. The number of ether oxygens (including phenoxy) is 1. The lowest BCUT2D eigenvalue weighted by atomic mass is 10.2. The van der Waals surface area contributed by atoms with Crippen molar-refractivity contribution < 1.29 is 9.53 Å². The highest BCUT2D eigenvalue weighted by molar-refractivity contribution is 7.99. The van der Waals surface area contributed by atoms with E-state index in [0.29, 0.717) is 13.0 Å². The number of nitrogens with zero attached hydrogens (tertiary/aromatic N) is 1. The summed E-state index contributed by atoms with van der Waals surface area (Å²) in [4.78, 5) is 21.6. The maximum atomic E-state index is 11.6. The van der Waals surface area contributed by atoms with Gasteiger partial charge in [0.1, 0.15) is 5.65 Å². The molecule has 0 aliphatic rings. The first-order valence-electron chi connectivity index (χ1n) is 8.22. The Morgan fingerprint density at radius 1 is 1.28 bits per heavy atom. The monoisotopic (exact) mass is 374 g/mol. The van der Waals surface area contributed by atoms with Crippen LogP contribution in [-0.4, -0.2) is 22.5 Å². The number of aromatic amines is 1. The molecule has 0 spiro atoms. The third-order valence-corrected chi connectivity index (χ3v) is 5.17. The molecule has 1 aromatic carbocycles. The van der Waals surface area contributed by atoms with Crippen molar-refractivity contribution in [2.24, 2.45) is 0 Å². The second-order valence-electron chi connectivity index (χ2n) is 5.55. The molecule has 0 amide bonds. The molecule has 3 rings (SSSR count). The summed E-state index contributed by atoms with van der Waals surface area (Å²) in [6, 6.07) is 11.8. The van der Waals surface area contributed by atoms with Gasteiger partial charge in [-0.1, -0.05) is 23.4 Å². The zero-order chi connectivity index (χ0) is 17.6. The number of benzene rings is 1. The quantitative estimate of drug-likeness (QED) is 0.573. The zero-order valence-electron chi connectivity index (χ0n) is 13.9. The SMILES string of the molecule is CCOC(=O)CCCc1[nH]c2ncccc2c1Sc1ccc(Cl)cc1. The molecule has 0 radical (unpaired) electrons. The minimum absolute atomic E-state index is 0.149. The maximum absolute atomic E-state index is 11.6. The number of rotatable bonds is 7. The predicted octanol–water partition coefficient (Wildman–Crippen LogP) is 5.25. The number of nitrogens with one attached hydrogen (secondary N) is 1. The first kappa shape index (κ1) is 17.8. The van der Waals surface area contributed by atoms with E-state index in [-0.39, 0.29) is 5.97 Å². The van der Waals surface area contributed by atoms with Gasteiger partial charge in [-0.15, -0.1) is 0 Å². The molecule has 6 heteroatoms. The Bertz CT molecular complexity index is 861. The Morgan fingerprint density at radius 2 is 2.08 bits per heavy atom. The minimum Gasteiger partial charge on any atom is -0.466 e. The number of H-pyrrole nitrogens is 1. The van der Waals surface area contributed by atoms with Crippen LogP contribution in [0.2, 0.25) is 5.02 Å². The highest BCUT2D eigenvalue weighted by Gasteiger charge is 2.14. The van der Waals surface area contributed by atoms with Crippen molar-refractivity contribution >= 4 is 40.4 Å². The number of halogens is 1. The van der Waals surface area contributed by atoms with Crippen LogP contribution in [0.3, 0.4) is 0 Å². The van der Waals surface area contributed by atoms with Crippen LogP contribution in [0.4, 0.5) is 0 Å². The number of carbonyl (C=O) groups is 1. The summed E-state index contributed by atoms with van der Waals surface area (Å²) in [7, 11) is 0. The molecule has 0 aliphatic carbocycles. The minimum atomic E-state index is -0.149. The van der Waals surface area contributed by atoms with Crippen molar-refractivity contribution in [3.05, 3.63) is 53.3 Å². The molecule has 2 aromatic heterocycles. The Hall–Kier alpha value is -1.98. The second kappa shape index (κ2) is 8.41. The molecule has 0 unspecified atom stereocenters. The van der Waals surface area contributed by atoms with Crippen molar-refractivity contribution in [2.75, 3.05) is 6.61 Å². The first-order chi connectivity index (χ1) is 12.2. The molecule has 0 saturated heterocycles. The summed E-state index contributed by atoms with van der Waals surface area (Å²) in [6.45, 7) is 2.24.